The Kier molecular flexibility index (Phi) is 4.45. The van der Waals surface area contributed by atoms with Crippen LogP contribution in [0.4, 0.5) is 5.69 Å². The molecule has 0 bridgehead atoms. The van der Waals surface area contributed by atoms with Crippen molar-refractivity contribution in [2.75, 3.05) is 0 Å². The first-order valence-electron chi connectivity index (χ1n) is 7.83. The minimum atomic E-state index is -0.709. The fourth-order valence-corrected chi connectivity index (χ4v) is 3.14. The number of rotatable bonds is 4. The van der Waals surface area contributed by atoms with Crippen LogP contribution in [0.5, 0.6) is 5.75 Å². The van der Waals surface area contributed by atoms with Gasteiger partial charge < -0.3 is 10.4 Å². The van der Waals surface area contributed by atoms with Crippen molar-refractivity contribution in [3.8, 4) is 5.75 Å². The normalized spacial score (nSPS) is 20.5. The van der Waals surface area contributed by atoms with E-state index in [9.17, 15) is 20.0 Å². The molecule has 2 N–H and O–H groups in total. The van der Waals surface area contributed by atoms with E-state index in [1.807, 2.05) is 16.9 Å². The lowest BCUT2D eigenvalue weighted by atomic mass is 9.90. The molecule has 8 nitrogen and oxygen atoms in total. The Morgan fingerprint density at radius 1 is 1.38 bits per heavy atom. The Hall–Kier alpha value is -2.90. The van der Waals surface area contributed by atoms with Gasteiger partial charge in [-0.2, -0.15) is 5.10 Å². The molecule has 1 aromatic carbocycles. The number of hydrogen-bond donors (Lipinski definition) is 2. The highest BCUT2D eigenvalue weighted by atomic mass is 16.6. The molecule has 8 heteroatoms. The van der Waals surface area contributed by atoms with Gasteiger partial charge in [0.1, 0.15) is 0 Å². The molecule has 126 valence electrons. The summed E-state index contributed by atoms with van der Waals surface area (Å²) in [5.74, 6) is -0.842. The largest absolute Gasteiger partial charge is 0.502 e. The third kappa shape index (κ3) is 3.22. The number of nitro benzene ring substituents is 1. The summed E-state index contributed by atoms with van der Waals surface area (Å²) in [7, 11) is 0. The summed E-state index contributed by atoms with van der Waals surface area (Å²) in [6.45, 7) is 0. The molecule has 1 aliphatic carbocycles. The number of nitrogens with zero attached hydrogens (tertiary/aromatic N) is 3. The summed E-state index contributed by atoms with van der Waals surface area (Å²) >= 11 is 0. The molecule has 2 aromatic rings. The number of phenolic OH excluding ortho intramolecular Hbond substituents is 1. The average molecular weight is 330 g/mol. The summed E-state index contributed by atoms with van der Waals surface area (Å²) in [6.07, 6.45) is 7.41. The van der Waals surface area contributed by atoms with Gasteiger partial charge in [0.2, 0.25) is 0 Å². The highest BCUT2D eigenvalue weighted by Crippen LogP contribution is 2.29. The highest BCUT2D eigenvalue weighted by Gasteiger charge is 2.29. The van der Waals surface area contributed by atoms with Crippen molar-refractivity contribution < 1.29 is 14.8 Å². The van der Waals surface area contributed by atoms with E-state index in [0.717, 1.165) is 31.7 Å². The molecule has 2 atom stereocenters. The Labute approximate surface area is 138 Å². The molecule has 0 spiro atoms. The zero-order valence-electron chi connectivity index (χ0n) is 13.0. The van der Waals surface area contributed by atoms with Crippen molar-refractivity contribution in [2.24, 2.45) is 0 Å². The van der Waals surface area contributed by atoms with Crippen LogP contribution in [0.3, 0.4) is 0 Å². The lowest BCUT2D eigenvalue weighted by Gasteiger charge is -2.32. The zero-order chi connectivity index (χ0) is 17.1. The number of benzene rings is 1. The van der Waals surface area contributed by atoms with E-state index in [1.54, 1.807) is 6.20 Å². The summed E-state index contributed by atoms with van der Waals surface area (Å²) in [5, 5.41) is 27.6. The van der Waals surface area contributed by atoms with E-state index in [4.69, 9.17) is 0 Å². The van der Waals surface area contributed by atoms with Crippen LogP contribution in [0, 0.1) is 10.1 Å². The standard InChI is InChI=1S/C16H18N4O4/c21-15-7-6-11(10-14(15)20(23)24)16(22)18-12-4-1-2-5-13(12)19-9-3-8-17-19/h3,6-10,12-13,21H,1-2,4-5H2,(H,18,22)/t12-,13-/m0/s1. The molecular formula is C16H18N4O4. The average Bonchev–Trinajstić information content (AvgIpc) is 3.09. The van der Waals surface area contributed by atoms with Crippen LogP contribution < -0.4 is 5.32 Å². The second kappa shape index (κ2) is 6.69. The number of amides is 1. The molecule has 24 heavy (non-hydrogen) atoms. The maximum atomic E-state index is 12.5. The number of nitrogens with one attached hydrogen (secondary N) is 1. The fourth-order valence-electron chi connectivity index (χ4n) is 3.14. The van der Waals surface area contributed by atoms with Crippen molar-refractivity contribution in [3.05, 3.63) is 52.3 Å². The Bertz CT molecular complexity index is 745. The summed E-state index contributed by atoms with van der Waals surface area (Å²) < 4.78 is 1.85. The maximum absolute atomic E-state index is 12.5. The molecule has 1 amide bonds. The molecule has 0 radical (unpaired) electrons. The molecular weight excluding hydrogens is 312 g/mol. The number of carbonyl (C=O) groups is 1. The Balaban J connectivity index is 1.78. The van der Waals surface area contributed by atoms with Crippen molar-refractivity contribution in [1.29, 1.82) is 0 Å². The second-order valence-electron chi connectivity index (χ2n) is 5.88. The first-order chi connectivity index (χ1) is 11.6. The van der Waals surface area contributed by atoms with Gasteiger partial charge in [-0.1, -0.05) is 12.8 Å². The van der Waals surface area contributed by atoms with Crippen LogP contribution in [-0.2, 0) is 0 Å². The van der Waals surface area contributed by atoms with E-state index in [2.05, 4.69) is 10.4 Å². The van der Waals surface area contributed by atoms with Gasteiger partial charge in [-0.3, -0.25) is 19.6 Å². The minimum Gasteiger partial charge on any atom is -0.502 e. The summed E-state index contributed by atoms with van der Waals surface area (Å²) in [4.78, 5) is 22.7. The SMILES string of the molecule is O=C(N[C@H]1CCCC[C@@H]1n1cccn1)c1ccc(O)c([N+](=O)[O-])c1. The third-order valence-corrected chi connectivity index (χ3v) is 4.34. The van der Waals surface area contributed by atoms with Gasteiger partial charge in [0.05, 0.1) is 17.0 Å². The lowest BCUT2D eigenvalue weighted by molar-refractivity contribution is -0.385. The van der Waals surface area contributed by atoms with Crippen molar-refractivity contribution in [2.45, 2.75) is 37.8 Å². The van der Waals surface area contributed by atoms with Crippen LogP contribution in [0.15, 0.2) is 36.7 Å². The summed E-state index contributed by atoms with van der Waals surface area (Å²) in [6, 6.07) is 5.47. The monoisotopic (exact) mass is 330 g/mol. The molecule has 1 fully saturated rings. The number of hydrogen-bond acceptors (Lipinski definition) is 5. The van der Waals surface area contributed by atoms with Crippen molar-refractivity contribution >= 4 is 11.6 Å². The van der Waals surface area contributed by atoms with Gasteiger partial charge in [0.25, 0.3) is 5.91 Å². The predicted octanol–water partition coefficient (Wildman–Crippen LogP) is 2.41. The first-order valence-corrected chi connectivity index (χ1v) is 7.83. The third-order valence-electron chi connectivity index (χ3n) is 4.34. The van der Waals surface area contributed by atoms with Gasteiger partial charge in [-0.05, 0) is 31.0 Å². The minimum absolute atomic E-state index is 0.0739. The fraction of sp³-hybridized carbons (Fsp3) is 0.375. The Morgan fingerprint density at radius 2 is 2.17 bits per heavy atom. The molecule has 1 heterocycles. The number of carbonyl (C=O) groups excluding carboxylic acids is 1. The van der Waals surface area contributed by atoms with Gasteiger partial charge in [0, 0.05) is 24.0 Å². The van der Waals surface area contributed by atoms with Crippen LogP contribution in [-0.4, -0.2) is 31.8 Å². The molecule has 0 unspecified atom stereocenters. The quantitative estimate of drug-likeness (QED) is 0.660. The number of nitro groups is 1. The zero-order valence-corrected chi connectivity index (χ0v) is 13.0. The molecule has 0 saturated heterocycles. The van der Waals surface area contributed by atoms with Gasteiger partial charge >= 0.3 is 5.69 Å². The van der Waals surface area contributed by atoms with E-state index in [1.165, 1.54) is 12.1 Å². The molecule has 3 rings (SSSR count). The van der Waals surface area contributed by atoms with E-state index >= 15 is 0 Å². The van der Waals surface area contributed by atoms with Crippen molar-refractivity contribution in [3.63, 3.8) is 0 Å². The molecule has 0 aliphatic heterocycles. The first kappa shape index (κ1) is 16.0. The Morgan fingerprint density at radius 3 is 2.88 bits per heavy atom. The topological polar surface area (TPSA) is 110 Å². The van der Waals surface area contributed by atoms with Crippen molar-refractivity contribution in [1.82, 2.24) is 15.1 Å². The highest BCUT2D eigenvalue weighted by molar-refractivity contribution is 5.95. The van der Waals surface area contributed by atoms with Crippen LogP contribution in [0.2, 0.25) is 0 Å². The van der Waals surface area contributed by atoms with E-state index < -0.39 is 16.4 Å². The number of phenols is 1. The summed E-state index contributed by atoms with van der Waals surface area (Å²) in [5.41, 5.74) is -0.320. The lowest BCUT2D eigenvalue weighted by Crippen LogP contribution is -2.43. The van der Waals surface area contributed by atoms with Crippen LogP contribution in [0.25, 0.3) is 0 Å². The number of aromatic nitrogens is 2. The maximum Gasteiger partial charge on any atom is 0.311 e. The molecule has 1 aliphatic rings. The second-order valence-corrected chi connectivity index (χ2v) is 5.88. The van der Waals surface area contributed by atoms with E-state index in [-0.39, 0.29) is 23.6 Å². The molecule has 1 aromatic heterocycles. The van der Waals surface area contributed by atoms with Gasteiger partial charge in [-0.15, -0.1) is 0 Å². The van der Waals surface area contributed by atoms with Crippen LogP contribution >= 0.6 is 0 Å². The number of aromatic hydroxyl groups is 1. The smallest absolute Gasteiger partial charge is 0.311 e. The molecule has 1 saturated carbocycles. The van der Waals surface area contributed by atoms with E-state index in [0.29, 0.717) is 0 Å². The van der Waals surface area contributed by atoms with Crippen LogP contribution in [0.1, 0.15) is 42.1 Å². The van der Waals surface area contributed by atoms with Gasteiger partial charge in [0.15, 0.2) is 5.75 Å². The van der Waals surface area contributed by atoms with Gasteiger partial charge in [-0.25, -0.2) is 0 Å². The predicted molar refractivity (Wildman–Crippen MR) is 85.7 cm³/mol.